The fourth-order valence-electron chi connectivity index (χ4n) is 4.78. The molecule has 0 aromatic heterocycles. The Morgan fingerprint density at radius 1 is 1.19 bits per heavy atom. The lowest BCUT2D eigenvalue weighted by atomic mass is 9.83. The summed E-state index contributed by atoms with van der Waals surface area (Å²) in [5.74, 6) is 1.23. The molecule has 3 fully saturated rings. The van der Waals surface area contributed by atoms with E-state index in [-0.39, 0.29) is 11.8 Å². The molecule has 2 aliphatic carbocycles. The number of hydrogen-bond donors (Lipinski definition) is 1. The zero-order valence-electron chi connectivity index (χ0n) is 12.4. The number of carbonyl (C=O) groups excluding carboxylic acids is 1. The highest BCUT2D eigenvalue weighted by atomic mass is 16.3. The number of likely N-dealkylation sites (tertiary alicyclic amines) is 1. The van der Waals surface area contributed by atoms with Crippen LogP contribution in [0.15, 0.2) is 30.3 Å². The van der Waals surface area contributed by atoms with Crippen LogP contribution >= 0.6 is 0 Å². The van der Waals surface area contributed by atoms with Crippen molar-refractivity contribution in [1.29, 1.82) is 0 Å². The first-order valence-electron chi connectivity index (χ1n) is 8.23. The summed E-state index contributed by atoms with van der Waals surface area (Å²) >= 11 is 0. The Kier molecular flexibility index (Phi) is 3.07. The fraction of sp³-hybridized carbons (Fsp3) is 0.611. The van der Waals surface area contributed by atoms with Crippen molar-refractivity contribution in [2.75, 3.05) is 13.1 Å². The zero-order valence-corrected chi connectivity index (χ0v) is 12.4. The second kappa shape index (κ2) is 4.84. The summed E-state index contributed by atoms with van der Waals surface area (Å²) in [6.45, 7) is 1.56. The molecular formula is C18H23NO2. The maximum atomic E-state index is 12.8. The lowest BCUT2D eigenvalue weighted by Gasteiger charge is -2.34. The van der Waals surface area contributed by atoms with E-state index in [9.17, 15) is 9.90 Å². The van der Waals surface area contributed by atoms with Gasteiger partial charge in [0.15, 0.2) is 0 Å². The molecule has 1 saturated heterocycles. The molecule has 1 aliphatic heterocycles. The van der Waals surface area contributed by atoms with Crippen LogP contribution in [-0.4, -0.2) is 34.6 Å². The number of carbonyl (C=O) groups is 1. The van der Waals surface area contributed by atoms with E-state index in [0.29, 0.717) is 18.3 Å². The topological polar surface area (TPSA) is 40.5 Å². The van der Waals surface area contributed by atoms with Gasteiger partial charge >= 0.3 is 0 Å². The first kappa shape index (κ1) is 13.3. The normalized spacial score (nSPS) is 38.1. The highest BCUT2D eigenvalue weighted by molar-refractivity contribution is 5.86. The van der Waals surface area contributed by atoms with E-state index in [1.54, 1.807) is 0 Å². The van der Waals surface area contributed by atoms with Crippen LogP contribution in [0.4, 0.5) is 0 Å². The van der Waals surface area contributed by atoms with E-state index < -0.39 is 5.60 Å². The van der Waals surface area contributed by atoms with Crippen molar-refractivity contribution in [3.63, 3.8) is 0 Å². The van der Waals surface area contributed by atoms with Gasteiger partial charge in [-0.1, -0.05) is 30.3 Å². The van der Waals surface area contributed by atoms with E-state index >= 15 is 0 Å². The summed E-state index contributed by atoms with van der Waals surface area (Å²) in [7, 11) is 0. The summed E-state index contributed by atoms with van der Waals surface area (Å²) in [5.41, 5.74) is 0.266. The van der Waals surface area contributed by atoms with Crippen LogP contribution in [-0.2, 0) is 4.79 Å². The number of amides is 1. The van der Waals surface area contributed by atoms with E-state index in [1.165, 1.54) is 12.0 Å². The van der Waals surface area contributed by atoms with Gasteiger partial charge in [0.05, 0.1) is 0 Å². The number of fused-ring (bicyclic) bond motifs is 2. The van der Waals surface area contributed by atoms with Gasteiger partial charge in [-0.25, -0.2) is 0 Å². The van der Waals surface area contributed by atoms with Crippen molar-refractivity contribution in [3.8, 4) is 0 Å². The summed E-state index contributed by atoms with van der Waals surface area (Å²) in [6, 6.07) is 10.4. The molecule has 0 spiro atoms. The van der Waals surface area contributed by atoms with Crippen LogP contribution in [0.1, 0.15) is 43.6 Å². The first-order valence-corrected chi connectivity index (χ1v) is 8.23. The molecule has 0 radical (unpaired) electrons. The highest BCUT2D eigenvalue weighted by Gasteiger charge is 2.56. The van der Waals surface area contributed by atoms with Crippen molar-refractivity contribution in [1.82, 2.24) is 4.90 Å². The molecule has 3 aliphatic rings. The van der Waals surface area contributed by atoms with E-state index in [0.717, 1.165) is 32.4 Å². The van der Waals surface area contributed by atoms with Crippen LogP contribution in [0, 0.1) is 11.8 Å². The third-order valence-electron chi connectivity index (χ3n) is 5.93. The summed E-state index contributed by atoms with van der Waals surface area (Å²) in [4.78, 5) is 14.7. The number of benzene rings is 1. The van der Waals surface area contributed by atoms with Gasteiger partial charge in [-0.05, 0) is 49.5 Å². The fourth-order valence-corrected chi connectivity index (χ4v) is 4.78. The van der Waals surface area contributed by atoms with E-state index in [2.05, 4.69) is 24.3 Å². The van der Waals surface area contributed by atoms with Gasteiger partial charge in [-0.2, -0.15) is 0 Å². The molecule has 2 bridgehead atoms. The number of nitrogens with zero attached hydrogens (tertiary/aromatic N) is 1. The minimum atomic E-state index is -1.05. The number of hydrogen-bond acceptors (Lipinski definition) is 2. The van der Waals surface area contributed by atoms with Gasteiger partial charge < -0.3 is 10.0 Å². The van der Waals surface area contributed by atoms with Gasteiger partial charge in [-0.3, -0.25) is 4.79 Å². The molecule has 1 aromatic rings. The van der Waals surface area contributed by atoms with Crippen molar-refractivity contribution in [3.05, 3.63) is 35.9 Å². The molecule has 4 atom stereocenters. The SMILES string of the molecule is O=C(N1CCC(c2ccccc2)C1)C1(O)CC2CCC1C2. The maximum absolute atomic E-state index is 12.8. The van der Waals surface area contributed by atoms with Crippen LogP contribution in [0.2, 0.25) is 0 Å². The van der Waals surface area contributed by atoms with Crippen LogP contribution < -0.4 is 0 Å². The molecule has 21 heavy (non-hydrogen) atoms. The lowest BCUT2D eigenvalue weighted by Crippen LogP contribution is -2.51. The monoisotopic (exact) mass is 285 g/mol. The molecule has 1 heterocycles. The average Bonchev–Trinajstić information content (AvgIpc) is 3.22. The van der Waals surface area contributed by atoms with Crippen molar-refractivity contribution in [2.45, 2.75) is 43.6 Å². The second-order valence-electron chi connectivity index (χ2n) is 7.15. The molecule has 3 nitrogen and oxygen atoms in total. The summed E-state index contributed by atoms with van der Waals surface area (Å²) in [6.07, 6.45) is 5.00. The lowest BCUT2D eigenvalue weighted by molar-refractivity contribution is -0.155. The molecule has 1 aromatic carbocycles. The quantitative estimate of drug-likeness (QED) is 0.907. The van der Waals surface area contributed by atoms with Crippen molar-refractivity contribution >= 4 is 5.91 Å². The minimum absolute atomic E-state index is 0.00753. The minimum Gasteiger partial charge on any atom is -0.380 e. The molecule has 2 saturated carbocycles. The van der Waals surface area contributed by atoms with Crippen molar-refractivity contribution < 1.29 is 9.90 Å². The standard InChI is InChI=1S/C18H23NO2/c20-17(18(21)11-13-6-7-16(18)10-13)19-9-8-15(12-19)14-4-2-1-3-5-14/h1-5,13,15-16,21H,6-12H2. The van der Waals surface area contributed by atoms with Crippen LogP contribution in [0.3, 0.4) is 0 Å². The van der Waals surface area contributed by atoms with Gasteiger partial charge in [-0.15, -0.1) is 0 Å². The molecule has 112 valence electrons. The van der Waals surface area contributed by atoms with E-state index in [1.807, 2.05) is 11.0 Å². The van der Waals surface area contributed by atoms with E-state index in [4.69, 9.17) is 0 Å². The summed E-state index contributed by atoms with van der Waals surface area (Å²) in [5, 5.41) is 10.9. The maximum Gasteiger partial charge on any atom is 0.254 e. The molecule has 1 N–H and O–H groups in total. The van der Waals surface area contributed by atoms with Gasteiger partial charge in [0.25, 0.3) is 5.91 Å². The predicted octanol–water partition coefficient (Wildman–Crippen LogP) is 2.55. The highest BCUT2D eigenvalue weighted by Crippen LogP contribution is 2.51. The third-order valence-corrected chi connectivity index (χ3v) is 5.93. The summed E-state index contributed by atoms with van der Waals surface area (Å²) < 4.78 is 0. The van der Waals surface area contributed by atoms with Gasteiger partial charge in [0, 0.05) is 19.0 Å². The Morgan fingerprint density at radius 3 is 2.67 bits per heavy atom. The Balaban J connectivity index is 1.47. The third kappa shape index (κ3) is 2.10. The zero-order chi connectivity index (χ0) is 14.4. The molecule has 3 heteroatoms. The Morgan fingerprint density at radius 2 is 2.00 bits per heavy atom. The molecule has 4 rings (SSSR count). The van der Waals surface area contributed by atoms with Gasteiger partial charge in [0.2, 0.25) is 0 Å². The predicted molar refractivity (Wildman–Crippen MR) is 80.8 cm³/mol. The van der Waals surface area contributed by atoms with Crippen LogP contribution in [0.5, 0.6) is 0 Å². The smallest absolute Gasteiger partial charge is 0.254 e. The molecular weight excluding hydrogens is 262 g/mol. The van der Waals surface area contributed by atoms with Crippen LogP contribution in [0.25, 0.3) is 0 Å². The second-order valence-corrected chi connectivity index (χ2v) is 7.15. The largest absolute Gasteiger partial charge is 0.380 e. The Hall–Kier alpha value is -1.35. The average molecular weight is 285 g/mol. The first-order chi connectivity index (χ1) is 10.2. The molecule has 1 amide bonds. The molecule has 4 unspecified atom stereocenters. The van der Waals surface area contributed by atoms with Crippen molar-refractivity contribution in [2.24, 2.45) is 11.8 Å². The Labute approximate surface area is 126 Å². The number of rotatable bonds is 2. The van der Waals surface area contributed by atoms with Gasteiger partial charge in [0.1, 0.15) is 5.60 Å². The Bertz CT molecular complexity index is 543. The number of aliphatic hydroxyl groups is 1.